The number of hydrogen-bond donors (Lipinski definition) is 1. The topological polar surface area (TPSA) is 87.2 Å². The zero-order valence-electron chi connectivity index (χ0n) is 17.3. The molecule has 3 rings (SSSR count). The van der Waals surface area contributed by atoms with Gasteiger partial charge < -0.3 is 19.6 Å². The Bertz CT molecular complexity index is 756. The van der Waals surface area contributed by atoms with Crippen LogP contribution in [0.3, 0.4) is 0 Å². The van der Waals surface area contributed by atoms with Gasteiger partial charge in [-0.25, -0.2) is 0 Å². The van der Waals surface area contributed by atoms with E-state index in [-0.39, 0.29) is 18.4 Å². The minimum atomic E-state index is -1.43. The van der Waals surface area contributed by atoms with Crippen LogP contribution in [0.5, 0.6) is 0 Å². The molecule has 0 saturated carbocycles. The van der Waals surface area contributed by atoms with Crippen LogP contribution in [0.15, 0.2) is 30.3 Å². The molecule has 29 heavy (non-hydrogen) atoms. The maximum absolute atomic E-state index is 13.0. The van der Waals surface area contributed by atoms with Crippen LogP contribution in [-0.2, 0) is 25.7 Å². The number of hydrogen-bond acceptors (Lipinski definition) is 5. The fraction of sp³-hybridized carbons (Fsp3) is 0.591. The first-order chi connectivity index (χ1) is 13.8. The first kappa shape index (κ1) is 21.3. The first-order valence-electron chi connectivity index (χ1n) is 10.3. The smallest absolute Gasteiger partial charge is 0.314 e. The highest BCUT2D eigenvalue weighted by Crippen LogP contribution is 2.45. The molecule has 1 aromatic carbocycles. The minimum absolute atomic E-state index is 0.0621. The lowest BCUT2D eigenvalue weighted by molar-refractivity contribution is -0.156. The Morgan fingerprint density at radius 3 is 2.38 bits per heavy atom. The number of rotatable bonds is 5. The average molecular weight is 402 g/mol. The highest BCUT2D eigenvalue weighted by Gasteiger charge is 2.62. The summed E-state index contributed by atoms with van der Waals surface area (Å²) in [5.41, 5.74) is 0.0735. The number of ether oxygens (including phenoxy) is 1. The van der Waals surface area contributed by atoms with Gasteiger partial charge in [-0.05, 0) is 25.3 Å². The van der Waals surface area contributed by atoms with Crippen molar-refractivity contribution < 1.29 is 24.2 Å². The van der Waals surface area contributed by atoms with Gasteiger partial charge in [-0.3, -0.25) is 14.4 Å². The van der Waals surface area contributed by atoms with Crippen molar-refractivity contribution in [3.63, 3.8) is 0 Å². The second kappa shape index (κ2) is 8.53. The third kappa shape index (κ3) is 3.88. The molecule has 0 radical (unpaired) electrons. The first-order valence-corrected chi connectivity index (χ1v) is 10.3. The van der Waals surface area contributed by atoms with E-state index >= 15 is 0 Å². The zero-order chi connectivity index (χ0) is 21.2. The largest absolute Gasteiger partial charge is 0.466 e. The summed E-state index contributed by atoms with van der Waals surface area (Å²) >= 11 is 0. The number of nitrogens with zero attached hydrogens (tertiary/aromatic N) is 2. The molecule has 1 aromatic rings. The van der Waals surface area contributed by atoms with E-state index in [4.69, 9.17) is 4.74 Å². The number of benzene rings is 1. The van der Waals surface area contributed by atoms with Gasteiger partial charge in [0.15, 0.2) is 0 Å². The van der Waals surface area contributed by atoms with Gasteiger partial charge in [0.25, 0.3) is 5.91 Å². The monoisotopic (exact) mass is 402 g/mol. The number of carbonyl (C=O) groups excluding carboxylic acids is 3. The normalized spacial score (nSPS) is 23.7. The Morgan fingerprint density at radius 2 is 1.83 bits per heavy atom. The molecule has 1 spiro atoms. The number of piperidine rings is 1. The highest BCUT2D eigenvalue weighted by atomic mass is 16.5. The Hall–Kier alpha value is -2.41. The summed E-state index contributed by atoms with van der Waals surface area (Å²) in [4.78, 5) is 41.6. The molecular formula is C22H30N2O5. The van der Waals surface area contributed by atoms with E-state index in [2.05, 4.69) is 0 Å². The van der Waals surface area contributed by atoms with Crippen LogP contribution in [0.1, 0.15) is 39.2 Å². The second-order valence-electron chi connectivity index (χ2n) is 8.17. The van der Waals surface area contributed by atoms with E-state index in [0.29, 0.717) is 32.5 Å². The number of likely N-dealkylation sites (tertiary alicyclic amines) is 2. The lowest BCUT2D eigenvalue weighted by Crippen LogP contribution is -2.58. The SMILES string of the molecule is CCOC(=O)[C@H]1[C@@H](O)C(=O)N(Cc2ccccc2)C12CCN(C(=O)C(C)C)CC2. The summed E-state index contributed by atoms with van der Waals surface area (Å²) in [6.07, 6.45) is -0.556. The van der Waals surface area contributed by atoms with Crippen molar-refractivity contribution in [3.05, 3.63) is 35.9 Å². The summed E-state index contributed by atoms with van der Waals surface area (Å²) in [7, 11) is 0. The summed E-state index contributed by atoms with van der Waals surface area (Å²) in [5, 5.41) is 10.7. The van der Waals surface area contributed by atoms with Gasteiger partial charge in [-0.2, -0.15) is 0 Å². The highest BCUT2D eigenvalue weighted by molar-refractivity contribution is 5.93. The Labute approximate surface area is 171 Å². The predicted octanol–water partition coefficient (Wildman–Crippen LogP) is 1.59. The molecule has 2 aliphatic heterocycles. The van der Waals surface area contributed by atoms with Crippen molar-refractivity contribution in [1.82, 2.24) is 9.80 Å². The van der Waals surface area contributed by atoms with E-state index in [1.807, 2.05) is 44.2 Å². The molecule has 0 unspecified atom stereocenters. The summed E-state index contributed by atoms with van der Waals surface area (Å²) in [5.74, 6) is -1.99. The minimum Gasteiger partial charge on any atom is -0.466 e. The van der Waals surface area contributed by atoms with Crippen LogP contribution in [0, 0.1) is 11.8 Å². The molecule has 2 saturated heterocycles. The fourth-order valence-electron chi connectivity index (χ4n) is 4.63. The third-order valence-corrected chi connectivity index (χ3v) is 6.11. The number of amides is 2. The summed E-state index contributed by atoms with van der Waals surface area (Å²) in [6.45, 7) is 6.81. The maximum atomic E-state index is 13.0. The van der Waals surface area contributed by atoms with Crippen LogP contribution < -0.4 is 0 Å². The van der Waals surface area contributed by atoms with Crippen LogP contribution in [-0.4, -0.2) is 64.0 Å². The van der Waals surface area contributed by atoms with Crippen molar-refractivity contribution in [2.24, 2.45) is 11.8 Å². The molecular weight excluding hydrogens is 372 g/mol. The lowest BCUT2D eigenvalue weighted by Gasteiger charge is -2.47. The molecule has 0 aromatic heterocycles. The van der Waals surface area contributed by atoms with Gasteiger partial charge >= 0.3 is 5.97 Å². The van der Waals surface area contributed by atoms with Crippen LogP contribution in [0.2, 0.25) is 0 Å². The lowest BCUT2D eigenvalue weighted by atomic mass is 9.75. The zero-order valence-corrected chi connectivity index (χ0v) is 17.3. The van der Waals surface area contributed by atoms with Gasteiger partial charge in [0.2, 0.25) is 5.91 Å². The molecule has 158 valence electrons. The van der Waals surface area contributed by atoms with Crippen LogP contribution >= 0.6 is 0 Å². The van der Waals surface area contributed by atoms with Crippen molar-refractivity contribution in [2.45, 2.75) is 51.8 Å². The van der Waals surface area contributed by atoms with Gasteiger partial charge in [0.05, 0.1) is 12.1 Å². The second-order valence-corrected chi connectivity index (χ2v) is 8.17. The van der Waals surface area contributed by atoms with E-state index < -0.39 is 29.4 Å². The summed E-state index contributed by atoms with van der Waals surface area (Å²) < 4.78 is 5.22. The standard InChI is InChI=1S/C22H30N2O5/c1-4-29-21(28)17-18(25)20(27)24(14-16-8-6-5-7-9-16)22(17)10-12-23(13-11-22)19(26)15(2)3/h5-9,15,17-18,25H,4,10-14H2,1-3H3/t17-,18-/m1/s1. The number of aliphatic hydroxyl groups is 1. The number of carbonyl (C=O) groups is 3. The van der Waals surface area contributed by atoms with Gasteiger partial charge in [-0.15, -0.1) is 0 Å². The molecule has 1 N–H and O–H groups in total. The van der Waals surface area contributed by atoms with E-state index in [1.165, 1.54) is 0 Å². The van der Waals surface area contributed by atoms with Crippen LogP contribution in [0.4, 0.5) is 0 Å². The van der Waals surface area contributed by atoms with Gasteiger partial charge in [0.1, 0.15) is 12.0 Å². The van der Waals surface area contributed by atoms with E-state index in [0.717, 1.165) is 5.56 Å². The van der Waals surface area contributed by atoms with Crippen molar-refractivity contribution in [2.75, 3.05) is 19.7 Å². The van der Waals surface area contributed by atoms with Gasteiger partial charge in [0, 0.05) is 25.6 Å². The summed E-state index contributed by atoms with van der Waals surface area (Å²) in [6, 6.07) is 9.53. The Balaban J connectivity index is 1.93. The maximum Gasteiger partial charge on any atom is 0.314 e. The molecule has 2 amide bonds. The van der Waals surface area contributed by atoms with Crippen molar-refractivity contribution in [3.8, 4) is 0 Å². The quantitative estimate of drug-likeness (QED) is 0.756. The van der Waals surface area contributed by atoms with E-state index in [9.17, 15) is 19.5 Å². The van der Waals surface area contributed by atoms with E-state index in [1.54, 1.807) is 16.7 Å². The molecule has 0 aliphatic carbocycles. The molecule has 2 heterocycles. The number of esters is 1. The average Bonchev–Trinajstić information content (AvgIpc) is 2.90. The third-order valence-electron chi connectivity index (χ3n) is 6.11. The molecule has 7 nitrogen and oxygen atoms in total. The predicted molar refractivity (Wildman–Crippen MR) is 107 cm³/mol. The molecule has 7 heteroatoms. The Morgan fingerprint density at radius 1 is 1.21 bits per heavy atom. The molecule has 2 fully saturated rings. The fourth-order valence-corrected chi connectivity index (χ4v) is 4.63. The van der Waals surface area contributed by atoms with Crippen molar-refractivity contribution >= 4 is 17.8 Å². The van der Waals surface area contributed by atoms with Crippen molar-refractivity contribution in [1.29, 1.82) is 0 Å². The molecule has 2 atom stereocenters. The molecule has 2 aliphatic rings. The van der Waals surface area contributed by atoms with Gasteiger partial charge in [-0.1, -0.05) is 44.2 Å². The molecule has 0 bridgehead atoms. The number of aliphatic hydroxyl groups excluding tert-OH is 1. The van der Waals surface area contributed by atoms with Crippen LogP contribution in [0.25, 0.3) is 0 Å². The Kier molecular flexibility index (Phi) is 6.27.